The topological polar surface area (TPSA) is 46.2 Å². The van der Waals surface area contributed by atoms with Crippen LogP contribution >= 0.6 is 0 Å². The summed E-state index contributed by atoms with van der Waals surface area (Å²) in [6.07, 6.45) is 0.477. The van der Waals surface area contributed by atoms with Crippen molar-refractivity contribution in [2.45, 2.75) is 56.9 Å². The second-order valence-electron chi connectivity index (χ2n) is 7.94. The molecule has 5 nitrogen and oxygen atoms in total. The Labute approximate surface area is 172 Å². The number of benzene rings is 2. The zero-order chi connectivity index (χ0) is 20.3. The summed E-state index contributed by atoms with van der Waals surface area (Å²) in [7, 11) is 0. The monoisotopic (exact) mass is 396 g/mol. The van der Waals surface area contributed by atoms with Crippen LogP contribution in [-0.4, -0.2) is 36.5 Å². The first-order valence-corrected chi connectivity index (χ1v) is 9.96. The lowest BCUT2D eigenvalue weighted by Crippen LogP contribution is -2.48. The van der Waals surface area contributed by atoms with Gasteiger partial charge >= 0.3 is 0 Å². The second-order valence-corrected chi connectivity index (χ2v) is 7.94. The molecule has 2 aromatic rings. The molecule has 5 heteroatoms. The lowest BCUT2D eigenvalue weighted by molar-refractivity contribution is -0.243. The van der Waals surface area contributed by atoms with Crippen molar-refractivity contribution in [2.24, 2.45) is 0 Å². The van der Waals surface area contributed by atoms with Crippen LogP contribution in [0.25, 0.3) is 0 Å². The molecule has 2 aromatic carbocycles. The van der Waals surface area contributed by atoms with Crippen molar-refractivity contribution in [3.63, 3.8) is 0 Å². The molecule has 0 amide bonds. The minimum atomic E-state index is -0.852. The molecule has 0 radical (unpaired) electrons. The molecule has 4 atom stereocenters. The fraction of sp³-hybridized carbons (Fsp3) is 0.417. The van der Waals surface area contributed by atoms with Gasteiger partial charge in [-0.3, -0.25) is 0 Å². The molecule has 2 aliphatic heterocycles. The minimum Gasteiger partial charge on any atom is -0.373 e. The maximum atomic E-state index is 6.32. The van der Waals surface area contributed by atoms with Gasteiger partial charge in [-0.2, -0.15) is 0 Å². The highest BCUT2D eigenvalue weighted by atomic mass is 16.8. The van der Waals surface area contributed by atoms with Crippen LogP contribution in [0.2, 0.25) is 0 Å². The molecule has 0 saturated carbocycles. The summed E-state index contributed by atoms with van der Waals surface area (Å²) in [4.78, 5) is 0. The molecule has 0 spiro atoms. The normalized spacial score (nSPS) is 30.2. The van der Waals surface area contributed by atoms with Crippen molar-refractivity contribution < 1.29 is 23.7 Å². The van der Waals surface area contributed by atoms with Crippen LogP contribution in [0.15, 0.2) is 73.3 Å². The number of rotatable bonds is 8. The van der Waals surface area contributed by atoms with Crippen molar-refractivity contribution in [3.05, 3.63) is 84.4 Å². The summed E-state index contributed by atoms with van der Waals surface area (Å²) in [5.41, 5.74) is 1.33. The number of hydrogen-bond donors (Lipinski definition) is 0. The minimum absolute atomic E-state index is 0.297. The van der Waals surface area contributed by atoms with E-state index in [4.69, 9.17) is 23.7 Å². The molecule has 2 fully saturated rings. The Morgan fingerprint density at radius 1 is 0.897 bits per heavy atom. The van der Waals surface area contributed by atoms with Crippen LogP contribution < -0.4 is 0 Å². The van der Waals surface area contributed by atoms with Crippen molar-refractivity contribution >= 4 is 0 Å². The molecule has 0 aromatic heterocycles. The third kappa shape index (κ3) is 4.44. The van der Waals surface area contributed by atoms with E-state index in [2.05, 4.69) is 6.58 Å². The zero-order valence-electron chi connectivity index (χ0n) is 17.0. The Hall–Kier alpha value is -2.02. The summed E-state index contributed by atoms with van der Waals surface area (Å²) in [5.74, 6) is -0.720. The van der Waals surface area contributed by atoms with Crippen LogP contribution in [0.3, 0.4) is 0 Å². The summed E-state index contributed by atoms with van der Waals surface area (Å²) in [6.45, 7) is 8.99. The highest BCUT2D eigenvalue weighted by Gasteiger charge is 2.61. The summed E-state index contributed by atoms with van der Waals surface area (Å²) >= 11 is 0. The lowest BCUT2D eigenvalue weighted by Gasteiger charge is -2.34. The van der Waals surface area contributed by atoms with Gasteiger partial charge in [0.2, 0.25) is 0 Å². The molecule has 0 N–H and O–H groups in total. The van der Waals surface area contributed by atoms with Crippen LogP contribution in [-0.2, 0) is 36.9 Å². The lowest BCUT2D eigenvalue weighted by atomic mass is 9.95. The molecule has 29 heavy (non-hydrogen) atoms. The predicted molar refractivity (Wildman–Crippen MR) is 109 cm³/mol. The number of fused-ring (bicyclic) bond motifs is 1. The maximum absolute atomic E-state index is 6.32. The Bertz CT molecular complexity index is 807. The van der Waals surface area contributed by atoms with E-state index in [9.17, 15) is 0 Å². The fourth-order valence-electron chi connectivity index (χ4n) is 3.85. The van der Waals surface area contributed by atoms with Gasteiger partial charge in [0.25, 0.3) is 0 Å². The first-order chi connectivity index (χ1) is 14.0. The highest BCUT2D eigenvalue weighted by molar-refractivity contribution is 5.17. The van der Waals surface area contributed by atoms with Crippen molar-refractivity contribution in [1.29, 1.82) is 0 Å². The van der Waals surface area contributed by atoms with Gasteiger partial charge in [0.05, 0.1) is 19.8 Å². The van der Waals surface area contributed by atoms with E-state index >= 15 is 0 Å². The highest BCUT2D eigenvalue weighted by Crippen LogP contribution is 2.44. The van der Waals surface area contributed by atoms with Gasteiger partial charge in [-0.25, -0.2) is 0 Å². The third-order valence-corrected chi connectivity index (χ3v) is 5.26. The smallest absolute Gasteiger partial charge is 0.191 e. The predicted octanol–water partition coefficient (Wildman–Crippen LogP) is 4.22. The fourth-order valence-corrected chi connectivity index (χ4v) is 3.85. The first-order valence-electron chi connectivity index (χ1n) is 9.96. The number of ether oxygens (including phenoxy) is 5. The molecular formula is C24H28O5. The van der Waals surface area contributed by atoms with Crippen LogP contribution in [0.1, 0.15) is 25.0 Å². The standard InChI is InChI=1S/C24H28O5/c1-4-24(17-25-15-18-11-7-5-8-12-18)21(26-16-19-13-9-6-10-14-19)20-22(29-24)28-23(2,3)27-20/h4-14,20-22H,1,15-17H2,2-3H3/t20-,21+,22+,24?/m1/s1. The summed E-state index contributed by atoms with van der Waals surface area (Å²) in [5, 5.41) is 0. The van der Waals surface area contributed by atoms with E-state index in [1.54, 1.807) is 6.08 Å². The Kier molecular flexibility index (Phi) is 5.86. The number of hydrogen-bond acceptors (Lipinski definition) is 5. The van der Waals surface area contributed by atoms with Crippen LogP contribution in [0, 0.1) is 0 Å². The van der Waals surface area contributed by atoms with Gasteiger partial charge in [-0.1, -0.05) is 66.7 Å². The van der Waals surface area contributed by atoms with Gasteiger partial charge in [-0.15, -0.1) is 6.58 Å². The van der Waals surface area contributed by atoms with Gasteiger partial charge in [0.15, 0.2) is 12.1 Å². The van der Waals surface area contributed by atoms with Crippen molar-refractivity contribution in [3.8, 4) is 0 Å². The second kappa shape index (κ2) is 8.38. The van der Waals surface area contributed by atoms with E-state index in [1.807, 2.05) is 74.5 Å². The van der Waals surface area contributed by atoms with Gasteiger partial charge in [0, 0.05) is 0 Å². The van der Waals surface area contributed by atoms with Crippen LogP contribution in [0.5, 0.6) is 0 Å². The largest absolute Gasteiger partial charge is 0.373 e. The first kappa shape index (κ1) is 20.3. The Balaban J connectivity index is 1.49. The van der Waals surface area contributed by atoms with E-state index in [-0.39, 0.29) is 6.10 Å². The molecule has 154 valence electrons. The van der Waals surface area contributed by atoms with Gasteiger partial charge in [0.1, 0.15) is 17.8 Å². The Morgan fingerprint density at radius 2 is 1.52 bits per heavy atom. The van der Waals surface area contributed by atoms with E-state index in [1.165, 1.54) is 0 Å². The molecule has 0 aliphatic carbocycles. The molecule has 1 unspecified atom stereocenters. The summed E-state index contributed by atoms with van der Waals surface area (Å²) in [6, 6.07) is 20.1. The molecular weight excluding hydrogens is 368 g/mol. The average Bonchev–Trinajstić information content (AvgIpc) is 3.17. The van der Waals surface area contributed by atoms with Crippen molar-refractivity contribution in [2.75, 3.05) is 6.61 Å². The van der Waals surface area contributed by atoms with E-state index in [0.717, 1.165) is 11.1 Å². The molecule has 2 heterocycles. The molecule has 2 aliphatic rings. The van der Waals surface area contributed by atoms with E-state index in [0.29, 0.717) is 19.8 Å². The molecule has 2 saturated heterocycles. The van der Waals surface area contributed by atoms with Crippen LogP contribution in [0.4, 0.5) is 0 Å². The van der Waals surface area contributed by atoms with E-state index < -0.39 is 23.8 Å². The third-order valence-electron chi connectivity index (χ3n) is 5.26. The maximum Gasteiger partial charge on any atom is 0.191 e. The zero-order valence-corrected chi connectivity index (χ0v) is 17.0. The van der Waals surface area contributed by atoms with Crippen molar-refractivity contribution in [1.82, 2.24) is 0 Å². The Morgan fingerprint density at radius 3 is 2.14 bits per heavy atom. The molecule has 0 bridgehead atoms. The average molecular weight is 396 g/mol. The quantitative estimate of drug-likeness (QED) is 0.625. The van der Waals surface area contributed by atoms with Gasteiger partial charge in [-0.05, 0) is 25.0 Å². The van der Waals surface area contributed by atoms with Gasteiger partial charge < -0.3 is 23.7 Å². The summed E-state index contributed by atoms with van der Waals surface area (Å²) < 4.78 is 30.7. The molecule has 4 rings (SSSR count). The SMILES string of the molecule is C=CC1(COCc2ccccc2)O[C@@H]2OC(C)(C)O[C@@H]2[C@@H]1OCc1ccccc1.